The topological polar surface area (TPSA) is 57.3 Å². The Morgan fingerprint density at radius 1 is 1.35 bits per heavy atom. The Labute approximate surface area is 117 Å². The molecule has 0 aromatic carbocycles. The SMILES string of the molecule is CCCNc1nc(N(CC)CC(=O)NC)c(F)cc1F. The summed E-state index contributed by atoms with van der Waals surface area (Å²) in [5, 5.41) is 5.26. The number of anilines is 2. The molecule has 0 unspecified atom stereocenters. The van der Waals surface area contributed by atoms with Crippen molar-refractivity contribution in [2.45, 2.75) is 20.3 Å². The Morgan fingerprint density at radius 2 is 2.05 bits per heavy atom. The average molecular weight is 286 g/mol. The first-order valence-electron chi connectivity index (χ1n) is 6.58. The Kier molecular flexibility index (Phi) is 6.14. The number of nitrogens with zero attached hydrogens (tertiary/aromatic N) is 2. The van der Waals surface area contributed by atoms with Crippen LogP contribution in [0.3, 0.4) is 0 Å². The molecule has 1 aromatic rings. The van der Waals surface area contributed by atoms with Crippen molar-refractivity contribution in [2.75, 3.05) is 36.9 Å². The molecule has 112 valence electrons. The fraction of sp³-hybridized carbons (Fsp3) is 0.538. The predicted octanol–water partition coefficient (Wildman–Crippen LogP) is 1.75. The smallest absolute Gasteiger partial charge is 0.239 e. The van der Waals surface area contributed by atoms with Gasteiger partial charge in [-0.25, -0.2) is 13.8 Å². The van der Waals surface area contributed by atoms with Gasteiger partial charge in [-0.3, -0.25) is 4.79 Å². The van der Waals surface area contributed by atoms with Gasteiger partial charge >= 0.3 is 0 Å². The average Bonchev–Trinajstić information content (AvgIpc) is 2.44. The molecule has 0 saturated carbocycles. The summed E-state index contributed by atoms with van der Waals surface area (Å²) in [6.07, 6.45) is 0.795. The monoisotopic (exact) mass is 286 g/mol. The van der Waals surface area contributed by atoms with Gasteiger partial charge in [0.2, 0.25) is 5.91 Å². The maximum Gasteiger partial charge on any atom is 0.239 e. The number of carbonyl (C=O) groups is 1. The van der Waals surface area contributed by atoms with Crippen molar-refractivity contribution in [1.29, 1.82) is 0 Å². The predicted molar refractivity (Wildman–Crippen MR) is 74.9 cm³/mol. The molecule has 0 aliphatic heterocycles. The van der Waals surface area contributed by atoms with Crippen molar-refractivity contribution in [3.05, 3.63) is 17.7 Å². The summed E-state index contributed by atoms with van der Waals surface area (Å²) in [4.78, 5) is 16.8. The largest absolute Gasteiger partial charge is 0.368 e. The molecule has 5 nitrogen and oxygen atoms in total. The van der Waals surface area contributed by atoms with Crippen LogP contribution in [0.5, 0.6) is 0 Å². The second-order valence-corrected chi connectivity index (χ2v) is 4.24. The van der Waals surface area contributed by atoms with E-state index in [2.05, 4.69) is 15.6 Å². The fourth-order valence-corrected chi connectivity index (χ4v) is 1.63. The molecule has 0 saturated heterocycles. The Bertz CT molecular complexity index is 468. The highest BCUT2D eigenvalue weighted by Crippen LogP contribution is 2.22. The van der Waals surface area contributed by atoms with E-state index in [-0.39, 0.29) is 24.1 Å². The molecule has 0 radical (unpaired) electrons. The lowest BCUT2D eigenvalue weighted by Crippen LogP contribution is -2.36. The second kappa shape index (κ2) is 7.62. The number of aromatic nitrogens is 1. The molecular formula is C13H20F2N4O. The highest BCUT2D eigenvalue weighted by Gasteiger charge is 2.18. The van der Waals surface area contributed by atoms with Crippen LogP contribution in [-0.4, -0.2) is 37.6 Å². The minimum absolute atomic E-state index is 0.00129. The lowest BCUT2D eigenvalue weighted by molar-refractivity contribution is -0.119. The number of hydrogen-bond donors (Lipinski definition) is 2. The number of pyridine rings is 1. The van der Waals surface area contributed by atoms with Gasteiger partial charge < -0.3 is 15.5 Å². The van der Waals surface area contributed by atoms with Gasteiger partial charge in [0.1, 0.15) is 0 Å². The van der Waals surface area contributed by atoms with Gasteiger partial charge in [-0.2, -0.15) is 0 Å². The third kappa shape index (κ3) is 4.04. The van der Waals surface area contributed by atoms with Gasteiger partial charge in [0.05, 0.1) is 6.54 Å². The molecule has 2 N–H and O–H groups in total. The molecule has 0 atom stereocenters. The number of rotatable bonds is 7. The van der Waals surface area contributed by atoms with Gasteiger partial charge in [0.15, 0.2) is 23.3 Å². The van der Waals surface area contributed by atoms with Gasteiger partial charge in [-0.15, -0.1) is 0 Å². The van der Waals surface area contributed by atoms with E-state index < -0.39 is 11.6 Å². The molecule has 0 fully saturated rings. The number of amides is 1. The minimum atomic E-state index is -0.782. The molecule has 20 heavy (non-hydrogen) atoms. The van der Waals surface area contributed by atoms with Crippen molar-refractivity contribution in [1.82, 2.24) is 10.3 Å². The molecule has 1 rings (SSSR count). The summed E-state index contributed by atoms with van der Waals surface area (Å²) in [6, 6.07) is 0.785. The lowest BCUT2D eigenvalue weighted by Gasteiger charge is -2.22. The van der Waals surface area contributed by atoms with Crippen LogP contribution < -0.4 is 15.5 Å². The standard InChI is InChI=1S/C13H20F2N4O/c1-4-6-17-12-9(14)7-10(15)13(18-12)19(5-2)8-11(20)16-3/h7H,4-6,8H2,1-3H3,(H,16,20)(H,17,18). The van der Waals surface area contributed by atoms with E-state index in [0.717, 1.165) is 12.5 Å². The molecule has 1 aromatic heterocycles. The Balaban J connectivity index is 3.04. The highest BCUT2D eigenvalue weighted by atomic mass is 19.1. The first-order valence-corrected chi connectivity index (χ1v) is 6.58. The lowest BCUT2D eigenvalue weighted by atomic mass is 10.3. The molecule has 0 aliphatic rings. The number of halogens is 2. The van der Waals surface area contributed by atoms with E-state index >= 15 is 0 Å². The first-order chi connectivity index (χ1) is 9.53. The van der Waals surface area contributed by atoms with E-state index in [1.54, 1.807) is 6.92 Å². The third-order valence-corrected chi connectivity index (χ3v) is 2.75. The van der Waals surface area contributed by atoms with E-state index in [0.29, 0.717) is 13.1 Å². The normalized spacial score (nSPS) is 10.2. The zero-order valence-electron chi connectivity index (χ0n) is 12.0. The van der Waals surface area contributed by atoms with E-state index in [4.69, 9.17) is 0 Å². The van der Waals surface area contributed by atoms with Crippen molar-refractivity contribution >= 4 is 17.5 Å². The molecule has 0 spiro atoms. The van der Waals surface area contributed by atoms with Crippen LogP contribution in [-0.2, 0) is 4.79 Å². The number of nitrogens with one attached hydrogen (secondary N) is 2. The van der Waals surface area contributed by atoms with Gasteiger partial charge in [-0.1, -0.05) is 6.92 Å². The summed E-state index contributed by atoms with van der Waals surface area (Å²) >= 11 is 0. The van der Waals surface area contributed by atoms with Gasteiger partial charge in [0.25, 0.3) is 0 Å². The fourth-order valence-electron chi connectivity index (χ4n) is 1.63. The number of hydrogen-bond acceptors (Lipinski definition) is 4. The van der Waals surface area contributed by atoms with Crippen molar-refractivity contribution in [2.24, 2.45) is 0 Å². The Hall–Kier alpha value is -1.92. The Morgan fingerprint density at radius 3 is 2.60 bits per heavy atom. The van der Waals surface area contributed by atoms with Gasteiger partial charge in [-0.05, 0) is 13.3 Å². The van der Waals surface area contributed by atoms with Gasteiger partial charge in [0, 0.05) is 26.2 Å². The van der Waals surface area contributed by atoms with Crippen molar-refractivity contribution in [3.8, 4) is 0 Å². The zero-order chi connectivity index (χ0) is 15.1. The van der Waals surface area contributed by atoms with Crippen LogP contribution in [0.2, 0.25) is 0 Å². The molecular weight excluding hydrogens is 266 g/mol. The molecule has 0 aliphatic carbocycles. The second-order valence-electron chi connectivity index (χ2n) is 4.24. The summed E-state index contributed by atoms with van der Waals surface area (Å²) in [5.41, 5.74) is 0. The third-order valence-electron chi connectivity index (χ3n) is 2.75. The highest BCUT2D eigenvalue weighted by molar-refractivity contribution is 5.80. The maximum atomic E-state index is 13.8. The zero-order valence-corrected chi connectivity index (χ0v) is 12.0. The van der Waals surface area contributed by atoms with Crippen LogP contribution in [0.4, 0.5) is 20.4 Å². The minimum Gasteiger partial charge on any atom is -0.368 e. The van der Waals surface area contributed by atoms with Crippen molar-refractivity contribution in [3.63, 3.8) is 0 Å². The molecule has 1 heterocycles. The van der Waals surface area contributed by atoms with Crippen LogP contribution >= 0.6 is 0 Å². The summed E-state index contributed by atoms with van der Waals surface area (Å²) in [5.74, 6) is -1.82. The molecule has 1 amide bonds. The van der Waals surface area contributed by atoms with Crippen LogP contribution in [0.1, 0.15) is 20.3 Å². The molecule has 0 bridgehead atoms. The van der Waals surface area contributed by atoms with Crippen LogP contribution in [0.15, 0.2) is 6.07 Å². The number of carbonyl (C=O) groups excluding carboxylic acids is 1. The molecule has 7 heteroatoms. The summed E-state index contributed by atoms with van der Waals surface area (Å²) < 4.78 is 27.4. The van der Waals surface area contributed by atoms with Crippen molar-refractivity contribution < 1.29 is 13.6 Å². The number of likely N-dealkylation sites (N-methyl/N-ethyl adjacent to an activating group) is 2. The van der Waals surface area contributed by atoms with Crippen LogP contribution in [0.25, 0.3) is 0 Å². The van der Waals surface area contributed by atoms with Crippen LogP contribution in [0, 0.1) is 11.6 Å². The quantitative estimate of drug-likeness (QED) is 0.802. The maximum absolute atomic E-state index is 13.8. The summed E-state index contributed by atoms with van der Waals surface area (Å²) in [6.45, 7) is 4.59. The first kappa shape index (κ1) is 16.1. The van der Waals surface area contributed by atoms with E-state index in [9.17, 15) is 13.6 Å². The van der Waals surface area contributed by atoms with E-state index in [1.165, 1.54) is 11.9 Å². The summed E-state index contributed by atoms with van der Waals surface area (Å²) in [7, 11) is 1.50. The van der Waals surface area contributed by atoms with E-state index in [1.807, 2.05) is 6.92 Å².